The highest BCUT2D eigenvalue weighted by Crippen LogP contribution is 2.32. The van der Waals surface area contributed by atoms with Gasteiger partial charge in [-0.15, -0.1) is 0 Å². The molecule has 1 aliphatic heterocycles. The van der Waals surface area contributed by atoms with Crippen LogP contribution < -0.4 is 5.73 Å². The van der Waals surface area contributed by atoms with E-state index in [1.54, 1.807) is 0 Å². The fourth-order valence-corrected chi connectivity index (χ4v) is 3.46. The number of carbonyl (C=O) groups excluding carboxylic acids is 1. The molecule has 0 bridgehead atoms. The zero-order valence-corrected chi connectivity index (χ0v) is 13.7. The summed E-state index contributed by atoms with van der Waals surface area (Å²) in [5.41, 5.74) is 7.93. The monoisotopic (exact) mass is 328 g/mol. The summed E-state index contributed by atoms with van der Waals surface area (Å²) in [6, 6.07) is 18.7. The molecule has 0 aromatic heterocycles. The highest BCUT2D eigenvalue weighted by Gasteiger charge is 2.29. The number of amides is 1. The van der Waals surface area contributed by atoms with E-state index in [1.807, 2.05) is 18.2 Å². The number of hydrogen-bond acceptors (Lipinski definition) is 2. The first-order chi connectivity index (χ1) is 11.1. The van der Waals surface area contributed by atoms with Crippen LogP contribution in [0, 0.1) is 5.92 Å². The minimum Gasteiger partial charge on any atom is -0.369 e. The number of carbonyl (C=O) groups is 1. The van der Waals surface area contributed by atoms with Crippen LogP contribution in [0.4, 0.5) is 0 Å². The second-order valence-electron chi connectivity index (χ2n) is 6.08. The maximum Gasteiger partial charge on any atom is 0.220 e. The Hall–Kier alpha value is -1.84. The Labute approximate surface area is 142 Å². The average molecular weight is 329 g/mol. The summed E-state index contributed by atoms with van der Waals surface area (Å²) in [4.78, 5) is 13.8. The van der Waals surface area contributed by atoms with Crippen molar-refractivity contribution in [2.75, 3.05) is 13.1 Å². The molecule has 0 unspecified atom stereocenters. The number of rotatable bonds is 4. The molecule has 4 heteroatoms. The van der Waals surface area contributed by atoms with Crippen LogP contribution in [0.1, 0.15) is 30.0 Å². The Bertz CT molecular complexity index is 649. The Morgan fingerprint density at radius 1 is 1.00 bits per heavy atom. The van der Waals surface area contributed by atoms with Gasteiger partial charge in [0.15, 0.2) is 0 Å². The van der Waals surface area contributed by atoms with Crippen LogP contribution in [0.5, 0.6) is 0 Å². The molecule has 1 amide bonds. The fourth-order valence-electron chi connectivity index (χ4n) is 3.34. The van der Waals surface area contributed by atoms with Crippen molar-refractivity contribution in [1.82, 2.24) is 4.90 Å². The summed E-state index contributed by atoms with van der Waals surface area (Å²) in [6.07, 6.45) is 1.65. The minimum atomic E-state index is -0.174. The first-order valence-corrected chi connectivity index (χ1v) is 8.36. The van der Waals surface area contributed by atoms with Crippen molar-refractivity contribution in [3.05, 3.63) is 70.7 Å². The lowest BCUT2D eigenvalue weighted by molar-refractivity contribution is -0.123. The van der Waals surface area contributed by atoms with Crippen molar-refractivity contribution in [2.45, 2.75) is 18.9 Å². The molecule has 2 N–H and O–H groups in total. The highest BCUT2D eigenvalue weighted by atomic mass is 35.5. The molecule has 0 saturated carbocycles. The largest absolute Gasteiger partial charge is 0.369 e. The molecule has 1 atom stereocenters. The molecule has 3 rings (SSSR count). The van der Waals surface area contributed by atoms with Crippen LogP contribution in [0.15, 0.2) is 54.6 Å². The molecule has 3 nitrogen and oxygen atoms in total. The second kappa shape index (κ2) is 7.16. The molecule has 23 heavy (non-hydrogen) atoms. The highest BCUT2D eigenvalue weighted by molar-refractivity contribution is 6.30. The Kier molecular flexibility index (Phi) is 4.99. The molecule has 1 heterocycles. The predicted molar refractivity (Wildman–Crippen MR) is 93.2 cm³/mol. The third-order valence-electron chi connectivity index (χ3n) is 4.60. The van der Waals surface area contributed by atoms with Gasteiger partial charge in [-0.1, -0.05) is 54.1 Å². The molecule has 1 aliphatic rings. The van der Waals surface area contributed by atoms with Crippen LogP contribution in [0.3, 0.4) is 0 Å². The van der Waals surface area contributed by atoms with Crippen molar-refractivity contribution in [3.63, 3.8) is 0 Å². The molecule has 2 aromatic carbocycles. The zero-order valence-electron chi connectivity index (χ0n) is 13.0. The first kappa shape index (κ1) is 16.0. The van der Waals surface area contributed by atoms with Gasteiger partial charge in [0.25, 0.3) is 0 Å². The molecular formula is C19H21ClN2O. The van der Waals surface area contributed by atoms with Gasteiger partial charge in [0.2, 0.25) is 5.91 Å². The van der Waals surface area contributed by atoms with E-state index >= 15 is 0 Å². The topological polar surface area (TPSA) is 46.3 Å². The van der Waals surface area contributed by atoms with E-state index in [-0.39, 0.29) is 17.9 Å². The molecule has 1 fully saturated rings. The summed E-state index contributed by atoms with van der Waals surface area (Å²) >= 11 is 6.04. The molecule has 0 spiro atoms. The van der Waals surface area contributed by atoms with Crippen LogP contribution >= 0.6 is 11.6 Å². The van der Waals surface area contributed by atoms with Gasteiger partial charge in [-0.2, -0.15) is 0 Å². The summed E-state index contributed by atoms with van der Waals surface area (Å²) < 4.78 is 0. The maximum atomic E-state index is 11.4. The van der Waals surface area contributed by atoms with E-state index < -0.39 is 0 Å². The van der Waals surface area contributed by atoms with Crippen LogP contribution in [0.2, 0.25) is 5.02 Å². The third kappa shape index (κ3) is 3.74. The van der Waals surface area contributed by atoms with Gasteiger partial charge in [-0.05, 0) is 49.2 Å². The molecule has 0 radical (unpaired) electrons. The van der Waals surface area contributed by atoms with Crippen molar-refractivity contribution >= 4 is 17.5 Å². The number of primary amides is 1. The van der Waals surface area contributed by atoms with E-state index in [0.29, 0.717) is 0 Å². The second-order valence-corrected chi connectivity index (χ2v) is 6.51. The SMILES string of the molecule is NC(=O)C1CCN([C@@H](c2ccccc2)c2ccc(Cl)cc2)CC1. The normalized spacial score (nSPS) is 17.8. The Balaban J connectivity index is 1.87. The van der Waals surface area contributed by atoms with Crippen molar-refractivity contribution < 1.29 is 4.79 Å². The van der Waals surface area contributed by atoms with Crippen molar-refractivity contribution in [3.8, 4) is 0 Å². The lowest BCUT2D eigenvalue weighted by atomic mass is 9.91. The Morgan fingerprint density at radius 2 is 1.57 bits per heavy atom. The van der Waals surface area contributed by atoms with E-state index in [9.17, 15) is 4.79 Å². The van der Waals surface area contributed by atoms with Gasteiger partial charge in [0.1, 0.15) is 0 Å². The van der Waals surface area contributed by atoms with E-state index in [4.69, 9.17) is 17.3 Å². The summed E-state index contributed by atoms with van der Waals surface area (Å²) in [6.45, 7) is 1.74. The van der Waals surface area contributed by atoms with E-state index in [2.05, 4.69) is 41.3 Å². The van der Waals surface area contributed by atoms with Gasteiger partial charge in [0.05, 0.1) is 6.04 Å². The van der Waals surface area contributed by atoms with Gasteiger partial charge in [0, 0.05) is 10.9 Å². The molecule has 120 valence electrons. The number of likely N-dealkylation sites (tertiary alicyclic amines) is 1. The number of piperidine rings is 1. The zero-order chi connectivity index (χ0) is 16.2. The van der Waals surface area contributed by atoms with Crippen molar-refractivity contribution in [1.29, 1.82) is 0 Å². The lowest BCUT2D eigenvalue weighted by Gasteiger charge is -2.37. The van der Waals surface area contributed by atoms with E-state index in [0.717, 1.165) is 31.0 Å². The number of nitrogens with zero attached hydrogens (tertiary/aromatic N) is 1. The first-order valence-electron chi connectivity index (χ1n) is 7.99. The minimum absolute atomic E-state index is 0.00731. The number of benzene rings is 2. The van der Waals surface area contributed by atoms with Crippen LogP contribution in [0.25, 0.3) is 0 Å². The predicted octanol–water partition coefficient (Wildman–Crippen LogP) is 3.63. The van der Waals surface area contributed by atoms with Gasteiger partial charge in [-0.3, -0.25) is 9.69 Å². The maximum absolute atomic E-state index is 11.4. The third-order valence-corrected chi connectivity index (χ3v) is 4.85. The van der Waals surface area contributed by atoms with E-state index in [1.165, 1.54) is 11.1 Å². The smallest absolute Gasteiger partial charge is 0.220 e. The quantitative estimate of drug-likeness (QED) is 0.931. The van der Waals surface area contributed by atoms with Crippen LogP contribution in [-0.4, -0.2) is 23.9 Å². The van der Waals surface area contributed by atoms with Gasteiger partial charge >= 0.3 is 0 Å². The average Bonchev–Trinajstić information content (AvgIpc) is 2.58. The number of hydrogen-bond donors (Lipinski definition) is 1. The molecule has 0 aliphatic carbocycles. The number of halogens is 1. The number of nitrogens with two attached hydrogens (primary N) is 1. The molecular weight excluding hydrogens is 308 g/mol. The van der Waals surface area contributed by atoms with Gasteiger partial charge in [-0.25, -0.2) is 0 Å². The molecule has 2 aromatic rings. The Morgan fingerprint density at radius 3 is 2.13 bits per heavy atom. The lowest BCUT2D eigenvalue weighted by Crippen LogP contribution is -2.40. The van der Waals surface area contributed by atoms with Crippen LogP contribution in [-0.2, 0) is 4.79 Å². The van der Waals surface area contributed by atoms with Gasteiger partial charge < -0.3 is 5.73 Å². The molecule has 1 saturated heterocycles. The summed E-state index contributed by atoms with van der Waals surface area (Å²) in [7, 11) is 0. The van der Waals surface area contributed by atoms with Crippen molar-refractivity contribution in [2.24, 2.45) is 11.7 Å². The summed E-state index contributed by atoms with van der Waals surface area (Å²) in [5.74, 6) is -0.166. The summed E-state index contributed by atoms with van der Waals surface area (Å²) in [5, 5.41) is 0.744. The standard InChI is InChI=1S/C19H21ClN2O/c20-17-8-6-15(7-9-17)18(14-4-2-1-3-5-14)22-12-10-16(11-13-22)19(21)23/h1-9,16,18H,10-13H2,(H2,21,23)/t18-/m0/s1. The fraction of sp³-hybridized carbons (Fsp3) is 0.316.